The number of hydrogen-bond donors (Lipinski definition) is 12. The number of hydrogen-bond acceptors (Lipinski definition) is 12. The third-order valence-electron chi connectivity index (χ3n) is 7.86. The van der Waals surface area contributed by atoms with Crippen molar-refractivity contribution in [3.8, 4) is 0 Å². The Hall–Kier alpha value is -5.76. The number of carbonyl (C=O) groups is 6. The summed E-state index contributed by atoms with van der Waals surface area (Å²) in [4.78, 5) is 61.2. The first-order valence-electron chi connectivity index (χ1n) is 18.8. The number of rotatable bonds is 15. The second-order valence-electron chi connectivity index (χ2n) is 14.2. The molecule has 0 aliphatic heterocycles. The first-order chi connectivity index (χ1) is 27.8. The summed E-state index contributed by atoms with van der Waals surface area (Å²) in [6.45, 7) is 10.7. The van der Waals surface area contributed by atoms with Gasteiger partial charge in [-0.3, -0.25) is 28.8 Å². The first kappa shape index (κ1) is 58.6. The summed E-state index contributed by atoms with van der Waals surface area (Å²) in [6, 6.07) is 23.5. The van der Waals surface area contributed by atoms with E-state index in [1.165, 1.54) is 0 Å². The van der Waals surface area contributed by atoms with Crippen molar-refractivity contribution in [2.75, 3.05) is 0 Å². The predicted octanol–water partition coefficient (Wildman–Crippen LogP) is 2.09. The Morgan fingerprint density at radius 1 is 0.350 bits per heavy atom. The van der Waals surface area contributed by atoms with Crippen molar-refractivity contribution in [1.82, 2.24) is 0 Å². The average molecular weight is 847 g/mol. The molecule has 336 valence electrons. The molecule has 0 aromatic heterocycles. The van der Waals surface area contributed by atoms with Crippen molar-refractivity contribution in [3.05, 3.63) is 108 Å². The van der Waals surface area contributed by atoms with Crippen LogP contribution in [0.4, 0.5) is 0 Å². The van der Waals surface area contributed by atoms with Crippen LogP contribution in [0.3, 0.4) is 0 Å². The highest BCUT2D eigenvalue weighted by Gasteiger charge is 2.16. The lowest BCUT2D eigenvalue weighted by atomic mass is 10.1. The van der Waals surface area contributed by atoms with Crippen LogP contribution in [-0.2, 0) is 48.0 Å². The summed E-state index contributed by atoms with van der Waals surface area (Å²) >= 11 is 0. The van der Waals surface area contributed by atoms with E-state index in [0.29, 0.717) is 19.3 Å². The Labute approximate surface area is 351 Å². The number of carboxylic acid groups (broad SMARTS) is 6. The zero-order chi connectivity index (χ0) is 47.1. The van der Waals surface area contributed by atoms with E-state index in [-0.39, 0.29) is 17.8 Å². The van der Waals surface area contributed by atoms with E-state index in [2.05, 4.69) is 0 Å². The lowest BCUT2D eigenvalue weighted by molar-refractivity contribution is -0.140. The molecule has 3 rings (SSSR count). The van der Waals surface area contributed by atoms with E-state index < -0.39 is 72.1 Å². The zero-order valence-corrected chi connectivity index (χ0v) is 35.1. The summed E-state index contributed by atoms with van der Waals surface area (Å²) in [5.41, 5.74) is 34.4. The molecule has 0 aliphatic carbocycles. The molecule has 0 bridgehead atoms. The van der Waals surface area contributed by atoms with Gasteiger partial charge in [0.2, 0.25) is 0 Å². The first-order valence-corrected chi connectivity index (χ1v) is 18.8. The molecular weight excluding hydrogens is 780 g/mol. The Morgan fingerprint density at radius 3 is 0.617 bits per heavy atom. The topological polar surface area (TPSA) is 380 Å². The van der Waals surface area contributed by atoms with Crippen molar-refractivity contribution >= 4 is 35.8 Å². The van der Waals surface area contributed by atoms with E-state index in [4.69, 9.17) is 65.0 Å². The number of aliphatic carboxylic acids is 6. The Kier molecular flexibility index (Phi) is 32.3. The summed E-state index contributed by atoms with van der Waals surface area (Å²) in [5, 5.41) is 50.2. The maximum absolute atomic E-state index is 10.4. The minimum Gasteiger partial charge on any atom is -0.480 e. The molecular formula is C42H66N6O12. The fourth-order valence-corrected chi connectivity index (χ4v) is 3.72. The maximum Gasteiger partial charge on any atom is 0.320 e. The Bertz CT molecular complexity index is 1460. The number of benzene rings is 3. The van der Waals surface area contributed by atoms with Gasteiger partial charge < -0.3 is 65.0 Å². The second-order valence-corrected chi connectivity index (χ2v) is 14.2. The molecule has 0 heterocycles. The molecule has 0 amide bonds. The molecule has 60 heavy (non-hydrogen) atoms. The highest BCUT2D eigenvalue weighted by atomic mass is 16.4. The van der Waals surface area contributed by atoms with Crippen LogP contribution in [0.5, 0.6) is 0 Å². The van der Waals surface area contributed by atoms with Gasteiger partial charge in [0.1, 0.15) is 36.3 Å². The zero-order valence-electron chi connectivity index (χ0n) is 35.1. The maximum atomic E-state index is 10.4. The van der Waals surface area contributed by atoms with Crippen molar-refractivity contribution in [2.45, 2.75) is 97.1 Å². The van der Waals surface area contributed by atoms with Gasteiger partial charge in [-0.25, -0.2) is 0 Å². The van der Waals surface area contributed by atoms with Gasteiger partial charge in [0, 0.05) is 0 Å². The molecule has 3 aromatic rings. The van der Waals surface area contributed by atoms with E-state index in [1.807, 2.05) is 91.0 Å². The molecule has 0 aliphatic rings. The van der Waals surface area contributed by atoms with Gasteiger partial charge in [0.05, 0.1) is 0 Å². The highest BCUT2D eigenvalue weighted by molar-refractivity contribution is 5.75. The molecule has 0 radical (unpaired) electrons. The molecule has 0 fully saturated rings. The normalized spacial score (nSPS) is 13.1. The van der Waals surface area contributed by atoms with Crippen LogP contribution in [0.15, 0.2) is 91.0 Å². The third kappa shape index (κ3) is 31.3. The Morgan fingerprint density at radius 2 is 0.517 bits per heavy atom. The molecule has 18 nitrogen and oxygen atoms in total. The largest absolute Gasteiger partial charge is 0.480 e. The van der Waals surface area contributed by atoms with Gasteiger partial charge in [-0.1, -0.05) is 133 Å². The van der Waals surface area contributed by atoms with Crippen molar-refractivity contribution in [2.24, 2.45) is 52.2 Å². The summed E-state index contributed by atoms with van der Waals surface area (Å²) < 4.78 is 0. The standard InChI is InChI=1S/3C9H11NO2.3C5H11NO2/c3*10-8(9(11)12)6-7-4-2-1-3-5-7;3*1-3(2)4(6)5(7)8/h3*1-5,8H,6,10H2,(H,11,12);3*3-4H,6H2,1-2H3,(H,7,8). The molecule has 6 unspecified atom stereocenters. The molecule has 3 aromatic carbocycles. The van der Waals surface area contributed by atoms with E-state index in [1.54, 1.807) is 41.5 Å². The lowest BCUT2D eigenvalue weighted by Crippen LogP contribution is -2.34. The van der Waals surface area contributed by atoms with Gasteiger partial charge in [-0.2, -0.15) is 0 Å². The summed E-state index contributed by atoms with van der Waals surface area (Å²) in [7, 11) is 0. The quantitative estimate of drug-likeness (QED) is 0.104. The second kappa shape index (κ2) is 33.1. The molecule has 18 heteroatoms. The van der Waals surface area contributed by atoms with Crippen LogP contribution in [-0.4, -0.2) is 103 Å². The van der Waals surface area contributed by atoms with Crippen molar-refractivity contribution in [3.63, 3.8) is 0 Å². The fraction of sp³-hybridized carbons (Fsp3) is 0.429. The molecule has 0 spiro atoms. The smallest absolute Gasteiger partial charge is 0.320 e. The van der Waals surface area contributed by atoms with Crippen molar-refractivity contribution in [1.29, 1.82) is 0 Å². The SMILES string of the molecule is CC(C)C(N)C(=O)O.CC(C)C(N)C(=O)O.CC(C)C(N)C(=O)O.NC(Cc1ccccc1)C(=O)O.NC(Cc1ccccc1)C(=O)O.NC(Cc1ccccc1)C(=O)O. The Balaban J connectivity index is -0.000000658. The van der Waals surface area contributed by atoms with Gasteiger partial charge in [0.25, 0.3) is 0 Å². The number of carboxylic acids is 6. The van der Waals surface area contributed by atoms with Crippen LogP contribution in [0, 0.1) is 17.8 Å². The van der Waals surface area contributed by atoms with E-state index in [9.17, 15) is 28.8 Å². The molecule has 18 N–H and O–H groups in total. The predicted molar refractivity (Wildman–Crippen MR) is 229 cm³/mol. The highest BCUT2D eigenvalue weighted by Crippen LogP contribution is 2.04. The minimum absolute atomic E-state index is 0.0208. The number of nitrogens with two attached hydrogens (primary N) is 6. The minimum atomic E-state index is -0.959. The average Bonchev–Trinajstić information content (AvgIpc) is 3.19. The fourth-order valence-electron chi connectivity index (χ4n) is 3.72. The van der Waals surface area contributed by atoms with Gasteiger partial charge in [-0.05, 0) is 53.7 Å². The monoisotopic (exact) mass is 846 g/mol. The van der Waals surface area contributed by atoms with Gasteiger partial charge in [0.15, 0.2) is 0 Å². The molecule has 0 saturated carbocycles. The summed E-state index contributed by atoms with van der Waals surface area (Å²) in [5.74, 6) is -5.61. The van der Waals surface area contributed by atoms with Crippen LogP contribution in [0.25, 0.3) is 0 Å². The van der Waals surface area contributed by atoms with Crippen LogP contribution in [0.1, 0.15) is 58.2 Å². The summed E-state index contributed by atoms with van der Waals surface area (Å²) in [6.07, 6.45) is 1.16. The lowest BCUT2D eigenvalue weighted by Gasteiger charge is -2.07. The van der Waals surface area contributed by atoms with E-state index >= 15 is 0 Å². The van der Waals surface area contributed by atoms with Crippen molar-refractivity contribution < 1.29 is 59.4 Å². The van der Waals surface area contributed by atoms with Crippen LogP contribution >= 0.6 is 0 Å². The molecule has 6 atom stereocenters. The van der Waals surface area contributed by atoms with Gasteiger partial charge >= 0.3 is 35.8 Å². The van der Waals surface area contributed by atoms with Gasteiger partial charge in [-0.15, -0.1) is 0 Å². The molecule has 0 saturated heterocycles. The third-order valence-corrected chi connectivity index (χ3v) is 7.86. The van der Waals surface area contributed by atoms with Crippen LogP contribution in [0.2, 0.25) is 0 Å². The van der Waals surface area contributed by atoms with E-state index in [0.717, 1.165) is 16.7 Å². The van der Waals surface area contributed by atoms with Crippen LogP contribution < -0.4 is 34.4 Å².